The van der Waals surface area contributed by atoms with Crippen LogP contribution in [0.4, 0.5) is 10.5 Å². The molecule has 1 unspecified atom stereocenters. The third-order valence-corrected chi connectivity index (χ3v) is 4.23. The van der Waals surface area contributed by atoms with Crippen molar-refractivity contribution >= 4 is 11.7 Å². The number of carbonyl (C=O) groups is 1. The average molecular weight is 299 g/mol. The Kier molecular flexibility index (Phi) is 4.13. The Balaban J connectivity index is 1.69. The SMILES string of the molecule is CCc1nccc(C)c1NC(=O)N1CCC(c2ccco2)C1. The molecule has 2 aromatic heterocycles. The molecule has 3 heterocycles. The molecule has 1 fully saturated rings. The van der Waals surface area contributed by atoms with Gasteiger partial charge in [-0.25, -0.2) is 4.79 Å². The van der Waals surface area contributed by atoms with Gasteiger partial charge < -0.3 is 14.6 Å². The maximum absolute atomic E-state index is 12.5. The second kappa shape index (κ2) is 6.22. The molecule has 116 valence electrons. The van der Waals surface area contributed by atoms with Crippen molar-refractivity contribution in [3.8, 4) is 0 Å². The van der Waals surface area contributed by atoms with Gasteiger partial charge >= 0.3 is 6.03 Å². The van der Waals surface area contributed by atoms with Crippen molar-refractivity contribution in [2.75, 3.05) is 18.4 Å². The van der Waals surface area contributed by atoms with Crippen LogP contribution in [0.5, 0.6) is 0 Å². The third-order valence-electron chi connectivity index (χ3n) is 4.23. The smallest absolute Gasteiger partial charge is 0.321 e. The zero-order valence-electron chi connectivity index (χ0n) is 13.0. The molecule has 0 saturated carbocycles. The Morgan fingerprint density at radius 2 is 2.36 bits per heavy atom. The van der Waals surface area contributed by atoms with Gasteiger partial charge in [0.15, 0.2) is 0 Å². The summed E-state index contributed by atoms with van der Waals surface area (Å²) in [7, 11) is 0. The molecule has 0 aromatic carbocycles. The molecular formula is C17H21N3O2. The predicted octanol–water partition coefficient (Wildman–Crippen LogP) is 3.57. The summed E-state index contributed by atoms with van der Waals surface area (Å²) in [6, 6.07) is 5.74. The highest BCUT2D eigenvalue weighted by atomic mass is 16.3. The molecule has 1 aliphatic rings. The highest BCUT2D eigenvalue weighted by Crippen LogP contribution is 2.28. The second-order valence-electron chi connectivity index (χ2n) is 5.68. The number of urea groups is 1. The molecule has 5 heteroatoms. The normalized spacial score (nSPS) is 17.7. The Labute approximate surface area is 130 Å². The van der Waals surface area contributed by atoms with Gasteiger partial charge in [0.25, 0.3) is 0 Å². The zero-order chi connectivity index (χ0) is 15.5. The quantitative estimate of drug-likeness (QED) is 0.942. The lowest BCUT2D eigenvalue weighted by atomic mass is 10.1. The summed E-state index contributed by atoms with van der Waals surface area (Å²) in [6.07, 6.45) is 5.21. The molecule has 3 rings (SSSR count). The Morgan fingerprint density at radius 1 is 1.50 bits per heavy atom. The van der Waals surface area contributed by atoms with Crippen LogP contribution in [0.2, 0.25) is 0 Å². The average Bonchev–Trinajstić information content (AvgIpc) is 3.19. The van der Waals surface area contributed by atoms with E-state index in [1.165, 1.54) is 0 Å². The molecule has 0 bridgehead atoms. The Morgan fingerprint density at radius 3 is 3.09 bits per heavy atom. The maximum atomic E-state index is 12.5. The number of nitrogens with one attached hydrogen (secondary N) is 1. The summed E-state index contributed by atoms with van der Waals surface area (Å²) in [5, 5.41) is 3.03. The number of pyridine rings is 1. The number of nitrogens with zero attached hydrogens (tertiary/aromatic N) is 2. The first-order valence-corrected chi connectivity index (χ1v) is 7.73. The first kappa shape index (κ1) is 14.6. The van der Waals surface area contributed by atoms with Crippen LogP contribution in [0.3, 0.4) is 0 Å². The van der Waals surface area contributed by atoms with Crippen LogP contribution < -0.4 is 5.32 Å². The summed E-state index contributed by atoms with van der Waals surface area (Å²) in [6.45, 7) is 5.48. The summed E-state index contributed by atoms with van der Waals surface area (Å²) in [5.74, 6) is 1.25. The number of carbonyl (C=O) groups excluding carboxylic acids is 1. The molecular weight excluding hydrogens is 278 g/mol. The summed E-state index contributed by atoms with van der Waals surface area (Å²) in [4.78, 5) is 18.7. The molecule has 5 nitrogen and oxygen atoms in total. The fourth-order valence-electron chi connectivity index (χ4n) is 2.94. The molecule has 1 saturated heterocycles. The number of likely N-dealkylation sites (tertiary alicyclic amines) is 1. The standard InChI is InChI=1S/C17H21N3O2/c1-3-14-16(12(2)6-8-18-14)19-17(21)20-9-7-13(11-20)15-5-4-10-22-15/h4-6,8,10,13H,3,7,9,11H2,1-2H3,(H,19,21). The molecule has 1 atom stereocenters. The number of rotatable bonds is 3. The van der Waals surface area contributed by atoms with Gasteiger partial charge in [-0.1, -0.05) is 6.92 Å². The Bertz CT molecular complexity index is 652. The number of anilines is 1. The molecule has 0 radical (unpaired) electrons. The van der Waals surface area contributed by atoms with Crippen molar-refractivity contribution in [2.45, 2.75) is 32.6 Å². The van der Waals surface area contributed by atoms with E-state index in [1.807, 2.05) is 36.9 Å². The van der Waals surface area contributed by atoms with Crippen LogP contribution in [0, 0.1) is 6.92 Å². The molecule has 1 aliphatic heterocycles. The lowest BCUT2D eigenvalue weighted by Gasteiger charge is -2.19. The predicted molar refractivity (Wildman–Crippen MR) is 85.0 cm³/mol. The topological polar surface area (TPSA) is 58.4 Å². The van der Waals surface area contributed by atoms with E-state index in [0.29, 0.717) is 12.5 Å². The van der Waals surface area contributed by atoms with Crippen LogP contribution in [0.1, 0.15) is 36.3 Å². The summed E-state index contributed by atoms with van der Waals surface area (Å²) < 4.78 is 5.45. The van der Waals surface area contributed by atoms with Crippen molar-refractivity contribution in [1.29, 1.82) is 0 Å². The van der Waals surface area contributed by atoms with E-state index in [-0.39, 0.29) is 6.03 Å². The van der Waals surface area contributed by atoms with Crippen LogP contribution >= 0.6 is 0 Å². The molecule has 22 heavy (non-hydrogen) atoms. The maximum Gasteiger partial charge on any atom is 0.321 e. The molecule has 0 aliphatic carbocycles. The van der Waals surface area contributed by atoms with Gasteiger partial charge in [-0.05, 0) is 43.5 Å². The van der Waals surface area contributed by atoms with E-state index in [2.05, 4.69) is 10.3 Å². The highest BCUT2D eigenvalue weighted by molar-refractivity contribution is 5.91. The van der Waals surface area contributed by atoms with Gasteiger partial charge in [-0.15, -0.1) is 0 Å². The first-order chi connectivity index (χ1) is 10.7. The minimum Gasteiger partial charge on any atom is -0.469 e. The highest BCUT2D eigenvalue weighted by Gasteiger charge is 2.29. The minimum atomic E-state index is -0.0557. The zero-order valence-corrected chi connectivity index (χ0v) is 13.0. The van der Waals surface area contributed by atoms with Gasteiger partial charge in [-0.3, -0.25) is 4.98 Å². The number of amides is 2. The van der Waals surface area contributed by atoms with E-state index in [4.69, 9.17) is 4.42 Å². The third kappa shape index (κ3) is 2.84. The van der Waals surface area contributed by atoms with Crippen molar-refractivity contribution in [3.63, 3.8) is 0 Å². The summed E-state index contributed by atoms with van der Waals surface area (Å²) >= 11 is 0. The lowest BCUT2D eigenvalue weighted by Crippen LogP contribution is -2.33. The van der Waals surface area contributed by atoms with Crippen molar-refractivity contribution in [2.24, 2.45) is 0 Å². The van der Waals surface area contributed by atoms with E-state index in [0.717, 1.165) is 42.1 Å². The molecule has 0 spiro atoms. The fourth-order valence-corrected chi connectivity index (χ4v) is 2.94. The second-order valence-corrected chi connectivity index (χ2v) is 5.68. The molecule has 2 amide bonds. The minimum absolute atomic E-state index is 0.0557. The monoisotopic (exact) mass is 299 g/mol. The number of hydrogen-bond donors (Lipinski definition) is 1. The number of aryl methyl sites for hydroxylation is 2. The van der Waals surface area contributed by atoms with Gasteiger partial charge in [0, 0.05) is 25.2 Å². The first-order valence-electron chi connectivity index (χ1n) is 7.73. The number of furan rings is 1. The van der Waals surface area contributed by atoms with Crippen molar-refractivity contribution in [1.82, 2.24) is 9.88 Å². The van der Waals surface area contributed by atoms with E-state index >= 15 is 0 Å². The van der Waals surface area contributed by atoms with Crippen molar-refractivity contribution < 1.29 is 9.21 Å². The Hall–Kier alpha value is -2.30. The molecule has 1 N–H and O–H groups in total. The number of hydrogen-bond acceptors (Lipinski definition) is 3. The van der Waals surface area contributed by atoms with Crippen LogP contribution in [0.15, 0.2) is 35.1 Å². The van der Waals surface area contributed by atoms with Crippen LogP contribution in [-0.4, -0.2) is 29.0 Å². The lowest BCUT2D eigenvalue weighted by molar-refractivity contribution is 0.221. The van der Waals surface area contributed by atoms with Crippen LogP contribution in [-0.2, 0) is 6.42 Å². The number of aromatic nitrogens is 1. The van der Waals surface area contributed by atoms with E-state index < -0.39 is 0 Å². The summed E-state index contributed by atoms with van der Waals surface area (Å²) in [5.41, 5.74) is 2.81. The van der Waals surface area contributed by atoms with Gasteiger partial charge in [-0.2, -0.15) is 0 Å². The van der Waals surface area contributed by atoms with E-state index in [9.17, 15) is 4.79 Å². The fraction of sp³-hybridized carbons (Fsp3) is 0.412. The largest absolute Gasteiger partial charge is 0.469 e. The van der Waals surface area contributed by atoms with Crippen LogP contribution in [0.25, 0.3) is 0 Å². The molecule has 2 aromatic rings. The van der Waals surface area contributed by atoms with E-state index in [1.54, 1.807) is 12.5 Å². The van der Waals surface area contributed by atoms with Gasteiger partial charge in [0.2, 0.25) is 0 Å². The van der Waals surface area contributed by atoms with Crippen molar-refractivity contribution in [3.05, 3.63) is 47.7 Å². The van der Waals surface area contributed by atoms with Gasteiger partial charge in [0.05, 0.1) is 17.6 Å². The van der Waals surface area contributed by atoms with Gasteiger partial charge in [0.1, 0.15) is 5.76 Å².